The van der Waals surface area contributed by atoms with Gasteiger partial charge in [0.05, 0.1) is 10.9 Å². The average Bonchev–Trinajstić information content (AvgIpc) is 2.62. The quantitative estimate of drug-likeness (QED) is 0.721. The van der Waals surface area contributed by atoms with Gasteiger partial charge < -0.3 is 4.90 Å². The molecule has 1 aromatic heterocycles. The van der Waals surface area contributed by atoms with Crippen molar-refractivity contribution in [2.75, 3.05) is 7.05 Å². The van der Waals surface area contributed by atoms with Crippen LogP contribution in [0.1, 0.15) is 23.0 Å². The normalized spacial score (nSPS) is 10.8. The van der Waals surface area contributed by atoms with Gasteiger partial charge >= 0.3 is 0 Å². The average molecular weight is 356 g/mol. The Morgan fingerprint density at radius 2 is 1.92 bits per heavy atom. The number of carbonyl (C=O) groups excluding carboxylic acids is 1. The summed E-state index contributed by atoms with van der Waals surface area (Å²) in [5.74, 6) is -0.405. The van der Waals surface area contributed by atoms with Crippen molar-refractivity contribution in [1.82, 2.24) is 14.7 Å². The van der Waals surface area contributed by atoms with Crippen molar-refractivity contribution in [3.05, 3.63) is 75.0 Å². The third-order valence-corrected chi connectivity index (χ3v) is 4.26. The molecule has 2 aromatic carbocycles. The number of aryl methyl sites for hydroxylation is 1. The zero-order valence-corrected chi connectivity index (χ0v) is 14.8. The molecule has 128 valence electrons. The van der Waals surface area contributed by atoms with E-state index in [0.717, 1.165) is 5.56 Å². The second-order valence-corrected chi connectivity index (χ2v) is 6.24. The zero-order chi connectivity index (χ0) is 18.0. The molecular weight excluding hydrogens is 338 g/mol. The Morgan fingerprint density at radius 1 is 1.20 bits per heavy atom. The number of amides is 1. The van der Waals surface area contributed by atoms with E-state index >= 15 is 0 Å². The van der Waals surface area contributed by atoms with Gasteiger partial charge in [-0.05, 0) is 30.7 Å². The van der Waals surface area contributed by atoms with Gasteiger partial charge in [0.2, 0.25) is 5.43 Å². The van der Waals surface area contributed by atoms with Crippen molar-refractivity contribution in [1.29, 1.82) is 0 Å². The van der Waals surface area contributed by atoms with Crippen molar-refractivity contribution >= 4 is 28.4 Å². The molecule has 3 aromatic rings. The lowest BCUT2D eigenvalue weighted by Crippen LogP contribution is -2.33. The first-order chi connectivity index (χ1) is 12.0. The predicted molar refractivity (Wildman–Crippen MR) is 98.9 cm³/mol. The molecule has 1 heterocycles. The Kier molecular flexibility index (Phi) is 4.86. The SMILES string of the molecule is CCn1nc(C(=O)N(C)Cc2ccccc2)c(=O)c2cc(Cl)ccc21. The van der Waals surface area contributed by atoms with Crippen molar-refractivity contribution in [3.63, 3.8) is 0 Å². The van der Waals surface area contributed by atoms with Crippen LogP contribution in [0.3, 0.4) is 0 Å². The first-order valence-electron chi connectivity index (χ1n) is 8.01. The number of halogens is 1. The molecule has 0 aliphatic heterocycles. The third-order valence-electron chi connectivity index (χ3n) is 4.03. The molecule has 0 saturated carbocycles. The standard InChI is InChI=1S/C19H18ClN3O2/c1-3-23-16-10-9-14(20)11-15(16)18(24)17(21-23)19(25)22(2)12-13-7-5-4-6-8-13/h4-11H,3,12H2,1-2H3. The van der Waals surface area contributed by atoms with Crippen molar-refractivity contribution in [3.8, 4) is 0 Å². The van der Waals surface area contributed by atoms with Crippen LogP contribution < -0.4 is 5.43 Å². The van der Waals surface area contributed by atoms with E-state index in [1.807, 2.05) is 37.3 Å². The number of hydrogen-bond acceptors (Lipinski definition) is 3. The molecule has 1 amide bonds. The summed E-state index contributed by atoms with van der Waals surface area (Å²) in [5.41, 5.74) is 1.17. The summed E-state index contributed by atoms with van der Waals surface area (Å²) in [6, 6.07) is 14.6. The van der Waals surface area contributed by atoms with Crippen LogP contribution >= 0.6 is 11.6 Å². The van der Waals surface area contributed by atoms with Gasteiger partial charge in [-0.3, -0.25) is 14.3 Å². The number of benzene rings is 2. The van der Waals surface area contributed by atoms with E-state index < -0.39 is 11.3 Å². The lowest BCUT2D eigenvalue weighted by molar-refractivity contribution is 0.0775. The number of hydrogen-bond donors (Lipinski definition) is 0. The smallest absolute Gasteiger partial charge is 0.278 e. The van der Waals surface area contributed by atoms with Gasteiger partial charge in [0, 0.05) is 25.2 Å². The maximum atomic E-state index is 12.8. The van der Waals surface area contributed by atoms with E-state index in [9.17, 15) is 9.59 Å². The summed E-state index contributed by atoms with van der Waals surface area (Å²) >= 11 is 6.02. The fourth-order valence-electron chi connectivity index (χ4n) is 2.75. The van der Waals surface area contributed by atoms with Crippen LogP contribution in [0.5, 0.6) is 0 Å². The third kappa shape index (κ3) is 3.42. The fourth-order valence-corrected chi connectivity index (χ4v) is 2.93. The molecule has 0 unspecified atom stereocenters. The van der Waals surface area contributed by atoms with E-state index in [1.54, 1.807) is 29.9 Å². The van der Waals surface area contributed by atoms with E-state index in [2.05, 4.69) is 5.10 Å². The largest absolute Gasteiger partial charge is 0.336 e. The Labute approximate surface area is 150 Å². The van der Waals surface area contributed by atoms with Crippen molar-refractivity contribution in [2.45, 2.75) is 20.0 Å². The van der Waals surface area contributed by atoms with E-state index in [4.69, 9.17) is 11.6 Å². The van der Waals surface area contributed by atoms with Gasteiger partial charge in [-0.2, -0.15) is 5.10 Å². The maximum absolute atomic E-state index is 12.8. The van der Waals surface area contributed by atoms with E-state index in [1.165, 1.54) is 4.90 Å². The minimum absolute atomic E-state index is 0.0879. The van der Waals surface area contributed by atoms with Crippen LogP contribution in [0.25, 0.3) is 10.9 Å². The second-order valence-electron chi connectivity index (χ2n) is 5.80. The van der Waals surface area contributed by atoms with Crippen LogP contribution in [-0.4, -0.2) is 27.6 Å². The molecule has 6 heteroatoms. The number of carbonyl (C=O) groups is 1. The van der Waals surface area contributed by atoms with Gasteiger partial charge in [0.1, 0.15) is 0 Å². The van der Waals surface area contributed by atoms with Gasteiger partial charge in [0.15, 0.2) is 5.69 Å². The number of rotatable bonds is 4. The minimum atomic E-state index is -0.405. The first-order valence-corrected chi connectivity index (χ1v) is 8.39. The van der Waals surface area contributed by atoms with Crippen LogP contribution in [0.4, 0.5) is 0 Å². The summed E-state index contributed by atoms with van der Waals surface area (Å²) < 4.78 is 1.65. The Balaban J connectivity index is 2.04. The van der Waals surface area contributed by atoms with Crippen molar-refractivity contribution < 1.29 is 4.79 Å². The summed E-state index contributed by atoms with van der Waals surface area (Å²) in [5, 5.41) is 5.14. The summed E-state index contributed by atoms with van der Waals surface area (Å²) in [6.07, 6.45) is 0. The lowest BCUT2D eigenvalue weighted by Gasteiger charge is -2.18. The highest BCUT2D eigenvalue weighted by Crippen LogP contribution is 2.17. The summed E-state index contributed by atoms with van der Waals surface area (Å²) in [7, 11) is 1.66. The van der Waals surface area contributed by atoms with Crippen LogP contribution in [0.2, 0.25) is 5.02 Å². The van der Waals surface area contributed by atoms with E-state index in [-0.39, 0.29) is 5.69 Å². The number of aromatic nitrogens is 2. The van der Waals surface area contributed by atoms with Crippen LogP contribution in [0.15, 0.2) is 53.3 Å². The highest BCUT2D eigenvalue weighted by Gasteiger charge is 2.20. The van der Waals surface area contributed by atoms with Gasteiger partial charge in [0.25, 0.3) is 5.91 Å². The highest BCUT2D eigenvalue weighted by atomic mass is 35.5. The molecule has 0 fully saturated rings. The van der Waals surface area contributed by atoms with Crippen LogP contribution in [-0.2, 0) is 13.1 Å². The Hall–Kier alpha value is -2.66. The molecule has 25 heavy (non-hydrogen) atoms. The second kappa shape index (κ2) is 7.07. The summed E-state index contributed by atoms with van der Waals surface area (Å²) in [6.45, 7) is 2.86. The van der Waals surface area contributed by atoms with Gasteiger partial charge in [-0.1, -0.05) is 41.9 Å². The predicted octanol–water partition coefficient (Wildman–Crippen LogP) is 3.34. The number of nitrogens with zero attached hydrogens (tertiary/aromatic N) is 3. The Morgan fingerprint density at radius 3 is 2.60 bits per heavy atom. The zero-order valence-electron chi connectivity index (χ0n) is 14.1. The summed E-state index contributed by atoms with van der Waals surface area (Å²) in [4.78, 5) is 27.0. The molecule has 0 atom stereocenters. The number of fused-ring (bicyclic) bond motifs is 1. The Bertz CT molecular complexity index is 983. The molecule has 0 aliphatic carbocycles. The molecule has 5 nitrogen and oxygen atoms in total. The lowest BCUT2D eigenvalue weighted by atomic mass is 10.1. The molecule has 0 spiro atoms. The minimum Gasteiger partial charge on any atom is -0.336 e. The monoisotopic (exact) mass is 355 g/mol. The molecular formula is C19H18ClN3O2. The molecule has 0 bridgehead atoms. The topological polar surface area (TPSA) is 55.2 Å². The van der Waals surface area contributed by atoms with Crippen molar-refractivity contribution in [2.24, 2.45) is 0 Å². The molecule has 0 saturated heterocycles. The molecule has 0 N–H and O–H groups in total. The van der Waals surface area contributed by atoms with Crippen LogP contribution in [0, 0.1) is 0 Å². The fraction of sp³-hybridized carbons (Fsp3) is 0.211. The van der Waals surface area contributed by atoms with Gasteiger partial charge in [-0.25, -0.2) is 0 Å². The molecule has 0 radical (unpaired) electrons. The highest BCUT2D eigenvalue weighted by molar-refractivity contribution is 6.31. The molecule has 3 rings (SSSR count). The van der Waals surface area contributed by atoms with E-state index in [0.29, 0.717) is 29.0 Å². The first kappa shape index (κ1) is 17.2. The van der Waals surface area contributed by atoms with Gasteiger partial charge in [-0.15, -0.1) is 0 Å². The maximum Gasteiger partial charge on any atom is 0.278 e. The molecule has 0 aliphatic rings.